The van der Waals surface area contributed by atoms with Crippen LogP contribution in [0.4, 0.5) is 0 Å². The Hall–Kier alpha value is -3.03. The van der Waals surface area contributed by atoms with Gasteiger partial charge in [0.1, 0.15) is 5.60 Å². The fourth-order valence-electron chi connectivity index (χ4n) is 4.03. The highest BCUT2D eigenvalue weighted by atomic mass is 35.5. The largest absolute Gasteiger partial charge is 0.486 e. The van der Waals surface area contributed by atoms with E-state index in [9.17, 15) is 9.59 Å². The standard InChI is InChI=1S/C29H35ClO7/c1-5-16-33-27-25(37-24(32)19-29(35-8-4)14-10-9-11-15-29)21-13-12-20(30)18-22(21)26(36-23(31)7-3)28(27)34-17-6-2/h9-14,18H,5-8,15-17,19H2,1-4H3. The number of halogens is 1. The van der Waals surface area contributed by atoms with Gasteiger partial charge in [-0.2, -0.15) is 0 Å². The Kier molecular flexibility index (Phi) is 10.4. The highest BCUT2D eigenvalue weighted by Gasteiger charge is 2.34. The molecule has 37 heavy (non-hydrogen) atoms. The van der Waals surface area contributed by atoms with E-state index in [2.05, 4.69) is 0 Å². The number of hydrogen-bond acceptors (Lipinski definition) is 7. The summed E-state index contributed by atoms with van der Waals surface area (Å²) in [5, 5.41) is 1.42. The van der Waals surface area contributed by atoms with Crippen LogP contribution >= 0.6 is 11.6 Å². The van der Waals surface area contributed by atoms with Crippen LogP contribution in [-0.2, 0) is 14.3 Å². The van der Waals surface area contributed by atoms with Crippen LogP contribution in [0.15, 0.2) is 42.5 Å². The molecule has 0 saturated heterocycles. The van der Waals surface area contributed by atoms with Crippen LogP contribution < -0.4 is 18.9 Å². The van der Waals surface area contributed by atoms with Crippen molar-refractivity contribution in [2.24, 2.45) is 0 Å². The summed E-state index contributed by atoms with van der Waals surface area (Å²) in [5.74, 6) is -0.142. The van der Waals surface area contributed by atoms with Crippen LogP contribution in [0, 0.1) is 0 Å². The van der Waals surface area contributed by atoms with E-state index >= 15 is 0 Å². The Labute approximate surface area is 223 Å². The quantitative estimate of drug-likeness (QED) is 0.204. The van der Waals surface area contributed by atoms with Gasteiger partial charge in [0, 0.05) is 28.8 Å². The van der Waals surface area contributed by atoms with E-state index in [-0.39, 0.29) is 35.8 Å². The minimum Gasteiger partial charge on any atom is -0.486 e. The van der Waals surface area contributed by atoms with E-state index in [4.69, 9.17) is 35.3 Å². The van der Waals surface area contributed by atoms with Gasteiger partial charge in [0.25, 0.3) is 0 Å². The molecule has 8 heteroatoms. The monoisotopic (exact) mass is 530 g/mol. The minimum absolute atomic E-state index is 0.00169. The molecule has 0 radical (unpaired) electrons. The van der Waals surface area contributed by atoms with Gasteiger partial charge in [-0.3, -0.25) is 9.59 Å². The summed E-state index contributed by atoms with van der Waals surface area (Å²) in [6.45, 7) is 8.64. The lowest BCUT2D eigenvalue weighted by Crippen LogP contribution is -2.35. The molecule has 1 aliphatic rings. The average Bonchev–Trinajstić information content (AvgIpc) is 2.88. The van der Waals surface area contributed by atoms with Crippen LogP contribution in [0.25, 0.3) is 10.8 Å². The van der Waals surface area contributed by atoms with Crippen molar-refractivity contribution in [3.63, 3.8) is 0 Å². The zero-order valence-corrected chi connectivity index (χ0v) is 22.7. The predicted octanol–water partition coefficient (Wildman–Crippen LogP) is 6.97. The lowest BCUT2D eigenvalue weighted by molar-refractivity contribution is -0.140. The van der Waals surface area contributed by atoms with Gasteiger partial charge in [0.05, 0.1) is 19.6 Å². The molecular formula is C29H35ClO7. The second-order valence-electron chi connectivity index (χ2n) is 8.67. The van der Waals surface area contributed by atoms with Crippen molar-refractivity contribution in [1.29, 1.82) is 0 Å². The Morgan fingerprint density at radius 3 is 2.08 bits per heavy atom. The first-order valence-corrected chi connectivity index (χ1v) is 13.2. The number of esters is 2. The van der Waals surface area contributed by atoms with Crippen molar-refractivity contribution in [1.82, 2.24) is 0 Å². The first kappa shape index (κ1) is 28.5. The van der Waals surface area contributed by atoms with Crippen molar-refractivity contribution >= 4 is 34.3 Å². The molecule has 0 heterocycles. The molecule has 3 rings (SSSR count). The number of rotatable bonds is 13. The Morgan fingerprint density at radius 1 is 0.865 bits per heavy atom. The normalized spacial score (nSPS) is 16.6. The molecule has 1 aliphatic carbocycles. The van der Waals surface area contributed by atoms with E-state index in [1.807, 2.05) is 45.1 Å². The molecule has 0 saturated carbocycles. The van der Waals surface area contributed by atoms with Crippen molar-refractivity contribution in [3.05, 3.63) is 47.5 Å². The summed E-state index contributed by atoms with van der Waals surface area (Å²) < 4.78 is 29.8. The fraction of sp³-hybridized carbons (Fsp3) is 0.448. The summed E-state index contributed by atoms with van der Waals surface area (Å²) in [4.78, 5) is 25.7. The average molecular weight is 531 g/mol. The molecule has 0 fully saturated rings. The van der Waals surface area contributed by atoms with Crippen molar-refractivity contribution in [3.8, 4) is 23.0 Å². The molecule has 0 spiro atoms. The Bertz CT molecular complexity index is 1170. The number of ether oxygens (including phenoxy) is 5. The molecule has 1 atom stereocenters. The topological polar surface area (TPSA) is 80.3 Å². The van der Waals surface area contributed by atoms with Gasteiger partial charge in [0.2, 0.25) is 11.5 Å². The number of allylic oxidation sites excluding steroid dienone is 2. The zero-order chi connectivity index (χ0) is 26.8. The molecule has 0 N–H and O–H groups in total. The number of hydrogen-bond donors (Lipinski definition) is 0. The molecule has 0 amide bonds. The van der Waals surface area contributed by atoms with Gasteiger partial charge < -0.3 is 23.7 Å². The van der Waals surface area contributed by atoms with Gasteiger partial charge in [0.15, 0.2) is 11.5 Å². The summed E-state index contributed by atoms with van der Waals surface area (Å²) in [7, 11) is 0. The van der Waals surface area contributed by atoms with Crippen LogP contribution in [0.2, 0.25) is 5.02 Å². The third kappa shape index (κ3) is 7.05. The maximum Gasteiger partial charge on any atom is 0.314 e. The minimum atomic E-state index is -0.789. The number of benzene rings is 2. The lowest BCUT2D eigenvalue weighted by Gasteiger charge is -2.30. The Balaban J connectivity index is 2.17. The van der Waals surface area contributed by atoms with Gasteiger partial charge in [-0.15, -0.1) is 0 Å². The van der Waals surface area contributed by atoms with Gasteiger partial charge in [-0.25, -0.2) is 0 Å². The molecule has 2 aromatic carbocycles. The molecule has 200 valence electrons. The first-order chi connectivity index (χ1) is 17.9. The number of fused-ring (bicyclic) bond motifs is 1. The van der Waals surface area contributed by atoms with Crippen molar-refractivity contribution in [2.45, 2.75) is 65.4 Å². The van der Waals surface area contributed by atoms with Gasteiger partial charge in [-0.05, 0) is 44.4 Å². The van der Waals surface area contributed by atoms with E-state index in [0.29, 0.717) is 54.9 Å². The molecule has 0 bridgehead atoms. The zero-order valence-electron chi connectivity index (χ0n) is 21.9. The molecule has 7 nitrogen and oxygen atoms in total. The maximum absolute atomic E-state index is 13.4. The second-order valence-corrected chi connectivity index (χ2v) is 9.11. The van der Waals surface area contributed by atoms with E-state index in [0.717, 1.165) is 0 Å². The van der Waals surface area contributed by atoms with Crippen LogP contribution in [0.3, 0.4) is 0 Å². The number of carbonyl (C=O) groups excluding carboxylic acids is 2. The molecule has 2 aromatic rings. The molecule has 1 unspecified atom stereocenters. The lowest BCUT2D eigenvalue weighted by atomic mass is 9.91. The predicted molar refractivity (Wildman–Crippen MR) is 144 cm³/mol. The second kappa shape index (κ2) is 13.5. The maximum atomic E-state index is 13.4. The number of carbonyl (C=O) groups is 2. The third-order valence-corrected chi connectivity index (χ3v) is 5.93. The van der Waals surface area contributed by atoms with Gasteiger partial charge >= 0.3 is 11.9 Å². The molecular weight excluding hydrogens is 496 g/mol. The fourth-order valence-corrected chi connectivity index (χ4v) is 4.20. The van der Waals surface area contributed by atoms with E-state index < -0.39 is 17.5 Å². The highest BCUT2D eigenvalue weighted by Crippen LogP contribution is 2.52. The van der Waals surface area contributed by atoms with Gasteiger partial charge in [-0.1, -0.05) is 56.7 Å². The van der Waals surface area contributed by atoms with E-state index in [1.54, 1.807) is 25.1 Å². The summed E-state index contributed by atoms with van der Waals surface area (Å²) in [6, 6.07) is 5.05. The molecule has 0 aromatic heterocycles. The van der Waals surface area contributed by atoms with Crippen LogP contribution in [0.5, 0.6) is 23.0 Å². The third-order valence-electron chi connectivity index (χ3n) is 5.70. The van der Waals surface area contributed by atoms with Crippen LogP contribution in [-0.4, -0.2) is 37.4 Å². The van der Waals surface area contributed by atoms with Crippen molar-refractivity contribution in [2.75, 3.05) is 19.8 Å². The van der Waals surface area contributed by atoms with Crippen LogP contribution in [0.1, 0.15) is 59.8 Å². The SMILES string of the molecule is CCCOc1c(OCCC)c(OC(=O)CC2(OCC)C=CC=CC2)c2ccc(Cl)cc2c1OC(=O)CC. The first-order valence-electron chi connectivity index (χ1n) is 12.8. The highest BCUT2D eigenvalue weighted by molar-refractivity contribution is 6.31. The summed E-state index contributed by atoms with van der Waals surface area (Å²) in [5.41, 5.74) is -0.789. The van der Waals surface area contributed by atoms with Crippen molar-refractivity contribution < 1.29 is 33.3 Å². The smallest absolute Gasteiger partial charge is 0.314 e. The van der Waals surface area contributed by atoms with E-state index in [1.165, 1.54) is 0 Å². The summed E-state index contributed by atoms with van der Waals surface area (Å²) >= 11 is 6.33. The Morgan fingerprint density at radius 2 is 1.51 bits per heavy atom. The molecule has 0 aliphatic heterocycles. The summed E-state index contributed by atoms with van der Waals surface area (Å²) in [6.07, 6.45) is 9.76.